The van der Waals surface area contributed by atoms with Crippen molar-refractivity contribution in [2.45, 2.75) is 18.9 Å². The molecule has 1 aromatic carbocycles. The Balaban J connectivity index is 2.04. The van der Waals surface area contributed by atoms with E-state index >= 15 is 0 Å². The quantitative estimate of drug-likeness (QED) is 0.690. The van der Waals surface area contributed by atoms with Crippen molar-refractivity contribution in [3.8, 4) is 5.75 Å². The van der Waals surface area contributed by atoms with Crippen LogP contribution in [0.15, 0.2) is 24.3 Å². The lowest BCUT2D eigenvalue weighted by atomic mass is 10.1. The minimum absolute atomic E-state index is 0.189. The first-order chi connectivity index (χ1) is 7.66. The Labute approximate surface area is 94.5 Å². The Morgan fingerprint density at radius 3 is 2.56 bits per heavy atom. The molecule has 1 aromatic rings. The van der Waals surface area contributed by atoms with Gasteiger partial charge in [-0.15, -0.1) is 0 Å². The molecule has 0 radical (unpaired) electrons. The molecule has 16 heavy (non-hydrogen) atoms. The monoisotopic (exact) mass is 220 g/mol. The SMILES string of the molecule is NC(=O)C(NCC1CC1)c1ccc(O)cc1. The van der Waals surface area contributed by atoms with Gasteiger partial charge in [0, 0.05) is 0 Å². The number of nitrogens with two attached hydrogens (primary N) is 1. The number of phenols is 1. The molecule has 0 bridgehead atoms. The first kappa shape index (κ1) is 11.0. The van der Waals surface area contributed by atoms with Crippen LogP contribution in [0.2, 0.25) is 0 Å². The van der Waals surface area contributed by atoms with E-state index in [0.717, 1.165) is 12.1 Å². The highest BCUT2D eigenvalue weighted by molar-refractivity contribution is 5.81. The summed E-state index contributed by atoms with van der Waals surface area (Å²) in [6.07, 6.45) is 2.46. The van der Waals surface area contributed by atoms with E-state index in [-0.39, 0.29) is 11.7 Å². The van der Waals surface area contributed by atoms with E-state index in [2.05, 4.69) is 5.32 Å². The average molecular weight is 220 g/mol. The van der Waals surface area contributed by atoms with Crippen LogP contribution in [0.25, 0.3) is 0 Å². The molecule has 4 heteroatoms. The van der Waals surface area contributed by atoms with Gasteiger partial charge < -0.3 is 16.2 Å². The molecule has 0 saturated heterocycles. The molecule has 4 N–H and O–H groups in total. The lowest BCUT2D eigenvalue weighted by Crippen LogP contribution is -2.34. The molecule has 4 nitrogen and oxygen atoms in total. The van der Waals surface area contributed by atoms with Crippen LogP contribution in [-0.4, -0.2) is 17.6 Å². The minimum atomic E-state index is -0.457. The highest BCUT2D eigenvalue weighted by Gasteiger charge is 2.24. The number of rotatable bonds is 5. The first-order valence-corrected chi connectivity index (χ1v) is 5.48. The Morgan fingerprint density at radius 1 is 1.44 bits per heavy atom. The molecule has 1 saturated carbocycles. The van der Waals surface area contributed by atoms with E-state index in [1.165, 1.54) is 12.8 Å². The average Bonchev–Trinajstić information content (AvgIpc) is 3.04. The summed E-state index contributed by atoms with van der Waals surface area (Å²) < 4.78 is 0. The van der Waals surface area contributed by atoms with E-state index in [9.17, 15) is 4.79 Å². The number of carbonyl (C=O) groups is 1. The Morgan fingerprint density at radius 2 is 2.06 bits per heavy atom. The van der Waals surface area contributed by atoms with E-state index in [0.29, 0.717) is 5.92 Å². The number of primary amides is 1. The van der Waals surface area contributed by atoms with Gasteiger partial charge in [-0.2, -0.15) is 0 Å². The normalized spacial score (nSPS) is 17.0. The smallest absolute Gasteiger partial charge is 0.239 e. The second kappa shape index (κ2) is 4.53. The summed E-state index contributed by atoms with van der Waals surface area (Å²) in [5.74, 6) is 0.500. The van der Waals surface area contributed by atoms with Crippen LogP contribution in [0.3, 0.4) is 0 Å². The molecule has 0 spiro atoms. The largest absolute Gasteiger partial charge is 0.508 e. The van der Waals surface area contributed by atoms with Crippen molar-refractivity contribution in [1.29, 1.82) is 0 Å². The molecule has 1 aliphatic rings. The van der Waals surface area contributed by atoms with Gasteiger partial charge in [-0.05, 0) is 43.0 Å². The van der Waals surface area contributed by atoms with Crippen LogP contribution < -0.4 is 11.1 Å². The number of benzene rings is 1. The Kier molecular flexibility index (Phi) is 3.10. The molecule has 86 valence electrons. The summed E-state index contributed by atoms with van der Waals surface area (Å²) in [6.45, 7) is 0.828. The number of nitrogens with one attached hydrogen (secondary N) is 1. The number of hydrogen-bond acceptors (Lipinski definition) is 3. The zero-order chi connectivity index (χ0) is 11.5. The van der Waals surface area contributed by atoms with Gasteiger partial charge in [-0.1, -0.05) is 12.1 Å². The molecule has 1 aliphatic carbocycles. The van der Waals surface area contributed by atoms with Crippen LogP contribution in [0, 0.1) is 5.92 Å². The summed E-state index contributed by atoms with van der Waals surface area (Å²) in [5.41, 5.74) is 6.15. The van der Waals surface area contributed by atoms with Gasteiger partial charge in [-0.25, -0.2) is 0 Å². The highest BCUT2D eigenvalue weighted by atomic mass is 16.3. The maximum atomic E-state index is 11.3. The van der Waals surface area contributed by atoms with Crippen molar-refractivity contribution in [3.63, 3.8) is 0 Å². The van der Waals surface area contributed by atoms with Crippen molar-refractivity contribution in [2.24, 2.45) is 11.7 Å². The molecule has 1 atom stereocenters. The molecule has 0 aliphatic heterocycles. The summed E-state index contributed by atoms with van der Waals surface area (Å²) in [7, 11) is 0. The molecular weight excluding hydrogens is 204 g/mol. The van der Waals surface area contributed by atoms with Crippen LogP contribution in [0.1, 0.15) is 24.4 Å². The van der Waals surface area contributed by atoms with Gasteiger partial charge in [-0.3, -0.25) is 4.79 Å². The van der Waals surface area contributed by atoms with Crippen molar-refractivity contribution < 1.29 is 9.90 Å². The van der Waals surface area contributed by atoms with Crippen molar-refractivity contribution in [1.82, 2.24) is 5.32 Å². The topological polar surface area (TPSA) is 75.4 Å². The third-order valence-corrected chi connectivity index (χ3v) is 2.82. The molecule has 1 unspecified atom stereocenters. The van der Waals surface area contributed by atoms with Gasteiger partial charge in [0.1, 0.15) is 11.8 Å². The zero-order valence-corrected chi connectivity index (χ0v) is 9.02. The number of phenolic OH excluding ortho intramolecular Hbond substituents is 1. The Hall–Kier alpha value is -1.55. The van der Waals surface area contributed by atoms with Crippen LogP contribution >= 0.6 is 0 Å². The molecule has 0 aromatic heterocycles. The van der Waals surface area contributed by atoms with Crippen LogP contribution in [0.5, 0.6) is 5.75 Å². The molecule has 1 fully saturated rings. The maximum absolute atomic E-state index is 11.3. The number of aromatic hydroxyl groups is 1. The number of hydrogen-bond donors (Lipinski definition) is 3. The van der Waals surface area contributed by atoms with E-state index < -0.39 is 6.04 Å². The second-order valence-electron chi connectivity index (χ2n) is 4.28. The summed E-state index contributed by atoms with van der Waals surface area (Å²) in [4.78, 5) is 11.3. The van der Waals surface area contributed by atoms with Crippen molar-refractivity contribution in [2.75, 3.05) is 6.54 Å². The lowest BCUT2D eigenvalue weighted by molar-refractivity contribution is -0.120. The zero-order valence-electron chi connectivity index (χ0n) is 9.02. The second-order valence-corrected chi connectivity index (χ2v) is 4.28. The Bertz CT molecular complexity index is 371. The van der Waals surface area contributed by atoms with Crippen molar-refractivity contribution in [3.05, 3.63) is 29.8 Å². The summed E-state index contributed by atoms with van der Waals surface area (Å²) in [6, 6.07) is 6.09. The minimum Gasteiger partial charge on any atom is -0.508 e. The third-order valence-electron chi connectivity index (χ3n) is 2.82. The first-order valence-electron chi connectivity index (χ1n) is 5.48. The maximum Gasteiger partial charge on any atom is 0.239 e. The predicted molar refractivity (Wildman–Crippen MR) is 60.8 cm³/mol. The van der Waals surface area contributed by atoms with E-state index in [1.54, 1.807) is 24.3 Å². The fraction of sp³-hybridized carbons (Fsp3) is 0.417. The predicted octanol–water partition coefficient (Wildman–Crippen LogP) is 0.918. The van der Waals surface area contributed by atoms with E-state index in [4.69, 9.17) is 10.8 Å². The fourth-order valence-electron chi connectivity index (χ4n) is 1.66. The number of amides is 1. The molecule has 1 amide bonds. The van der Waals surface area contributed by atoms with Crippen LogP contribution in [-0.2, 0) is 4.79 Å². The fourth-order valence-corrected chi connectivity index (χ4v) is 1.66. The standard InChI is InChI=1S/C12H16N2O2/c13-12(16)11(14-7-8-1-2-8)9-3-5-10(15)6-4-9/h3-6,8,11,14-15H,1-2,7H2,(H2,13,16). The summed E-state index contributed by atoms with van der Waals surface area (Å²) in [5, 5.41) is 12.3. The molecule has 2 rings (SSSR count). The molecule has 0 heterocycles. The summed E-state index contributed by atoms with van der Waals surface area (Å²) >= 11 is 0. The number of carbonyl (C=O) groups excluding carboxylic acids is 1. The van der Waals surface area contributed by atoms with Gasteiger partial charge in [0.05, 0.1) is 0 Å². The van der Waals surface area contributed by atoms with Crippen molar-refractivity contribution >= 4 is 5.91 Å². The third kappa shape index (κ3) is 2.73. The van der Waals surface area contributed by atoms with Gasteiger partial charge in [0.2, 0.25) is 5.91 Å². The van der Waals surface area contributed by atoms with Gasteiger partial charge in [0.15, 0.2) is 0 Å². The van der Waals surface area contributed by atoms with Gasteiger partial charge >= 0.3 is 0 Å². The highest BCUT2D eigenvalue weighted by Crippen LogP contribution is 2.28. The van der Waals surface area contributed by atoms with Gasteiger partial charge in [0.25, 0.3) is 0 Å². The van der Waals surface area contributed by atoms with E-state index in [1.807, 2.05) is 0 Å². The van der Waals surface area contributed by atoms with Crippen LogP contribution in [0.4, 0.5) is 0 Å². The molecular formula is C12H16N2O2. The lowest BCUT2D eigenvalue weighted by Gasteiger charge is -2.15.